The molecule has 39 heavy (non-hydrogen) atoms. The molecule has 0 aliphatic carbocycles. The molecular weight excluding hydrogens is 484 g/mol. The molecule has 0 fully saturated rings. The van der Waals surface area contributed by atoms with Gasteiger partial charge in [-0.1, -0.05) is 80.3 Å². The van der Waals surface area contributed by atoms with E-state index < -0.39 is 11.9 Å². The molecule has 0 amide bonds. The molecule has 0 spiro atoms. The third-order valence-corrected chi connectivity index (χ3v) is 6.18. The molecule has 0 aliphatic heterocycles. The lowest BCUT2D eigenvalue weighted by atomic mass is 10.0. The van der Waals surface area contributed by atoms with Crippen molar-refractivity contribution in [2.45, 2.75) is 40.5 Å². The van der Waals surface area contributed by atoms with Crippen LogP contribution in [-0.2, 0) is 0 Å². The van der Waals surface area contributed by atoms with Gasteiger partial charge in [0.15, 0.2) is 0 Å². The van der Waals surface area contributed by atoms with E-state index in [1.165, 1.54) is 5.57 Å². The number of carbonyl (C=O) groups excluding carboxylic acids is 2. The first-order valence-corrected chi connectivity index (χ1v) is 13.1. The summed E-state index contributed by atoms with van der Waals surface area (Å²) in [4.78, 5) is 26.1. The van der Waals surface area contributed by atoms with Crippen LogP contribution in [0, 0.1) is 12.8 Å². The molecule has 3 aromatic rings. The Morgan fingerprint density at radius 1 is 0.821 bits per heavy atom. The molecule has 0 bridgehead atoms. The summed E-state index contributed by atoms with van der Waals surface area (Å²) < 4.78 is 11.7. The molecule has 4 nitrogen and oxygen atoms in total. The zero-order valence-corrected chi connectivity index (χ0v) is 23.2. The Hall–Kier alpha value is -4.44. The molecule has 4 heteroatoms. The lowest BCUT2D eigenvalue weighted by molar-refractivity contribution is 0.0732. The van der Waals surface area contributed by atoms with E-state index in [-0.39, 0.29) is 5.92 Å². The predicted octanol–water partition coefficient (Wildman–Crippen LogP) is 9.12. The van der Waals surface area contributed by atoms with Crippen LogP contribution in [0.25, 0.3) is 18.2 Å². The molecule has 0 saturated heterocycles. The zero-order valence-electron chi connectivity index (χ0n) is 23.2. The van der Waals surface area contributed by atoms with Crippen LogP contribution in [0.1, 0.15) is 76.6 Å². The summed E-state index contributed by atoms with van der Waals surface area (Å²) in [5, 5.41) is 0. The first-order chi connectivity index (χ1) is 18.7. The van der Waals surface area contributed by atoms with Gasteiger partial charge in [0.1, 0.15) is 11.5 Å². The van der Waals surface area contributed by atoms with Gasteiger partial charge in [-0.2, -0.15) is 0 Å². The minimum atomic E-state index is -0.500. The molecule has 200 valence electrons. The quantitative estimate of drug-likeness (QED) is 0.144. The van der Waals surface area contributed by atoms with Crippen molar-refractivity contribution < 1.29 is 19.1 Å². The molecule has 0 N–H and O–H groups in total. The van der Waals surface area contributed by atoms with E-state index >= 15 is 0 Å². The van der Waals surface area contributed by atoms with E-state index in [9.17, 15) is 9.59 Å². The second-order valence-corrected chi connectivity index (χ2v) is 9.80. The minimum Gasteiger partial charge on any atom is -0.422 e. The SMILES string of the molecule is C=Cc1ccc(C(=O)Oc2cc(C)cc(OC(=O)c3ccc(C=C)cc3)c2/C=C/C(C)CCC=C(C)C)cc1. The third-order valence-electron chi connectivity index (χ3n) is 6.18. The number of benzene rings is 3. The van der Waals surface area contributed by atoms with Gasteiger partial charge in [-0.25, -0.2) is 9.59 Å². The molecule has 0 heterocycles. The molecule has 0 saturated carbocycles. The highest BCUT2D eigenvalue weighted by Crippen LogP contribution is 2.34. The first kappa shape index (κ1) is 29.1. The lowest BCUT2D eigenvalue weighted by Gasteiger charge is -2.15. The maximum atomic E-state index is 13.0. The summed E-state index contributed by atoms with van der Waals surface area (Å²) in [5.41, 5.74) is 5.24. The van der Waals surface area contributed by atoms with Crippen molar-refractivity contribution in [1.82, 2.24) is 0 Å². The number of allylic oxidation sites excluding steroid dienone is 3. The molecule has 1 unspecified atom stereocenters. The highest BCUT2D eigenvalue weighted by Gasteiger charge is 2.18. The van der Waals surface area contributed by atoms with Crippen LogP contribution in [0.4, 0.5) is 0 Å². The van der Waals surface area contributed by atoms with Crippen molar-refractivity contribution in [2.24, 2.45) is 5.92 Å². The monoisotopic (exact) mass is 520 g/mol. The smallest absolute Gasteiger partial charge is 0.343 e. The third kappa shape index (κ3) is 8.54. The number of aryl methyl sites for hydroxylation is 1. The fraction of sp³-hybridized carbons (Fsp3) is 0.200. The van der Waals surface area contributed by atoms with E-state index in [1.54, 1.807) is 72.8 Å². The van der Waals surface area contributed by atoms with Crippen LogP contribution < -0.4 is 9.47 Å². The molecule has 1 atom stereocenters. The van der Waals surface area contributed by atoms with Gasteiger partial charge in [0, 0.05) is 0 Å². The molecule has 0 radical (unpaired) electrons. The number of hydrogen-bond acceptors (Lipinski definition) is 4. The fourth-order valence-electron chi connectivity index (χ4n) is 3.89. The average molecular weight is 521 g/mol. The Bertz CT molecular complexity index is 1300. The maximum Gasteiger partial charge on any atom is 0.343 e. The Balaban J connectivity index is 1.96. The predicted molar refractivity (Wildman–Crippen MR) is 161 cm³/mol. The van der Waals surface area contributed by atoms with Gasteiger partial charge in [0.05, 0.1) is 16.7 Å². The number of ether oxygens (including phenoxy) is 2. The van der Waals surface area contributed by atoms with Crippen molar-refractivity contribution in [1.29, 1.82) is 0 Å². The summed E-state index contributed by atoms with van der Waals surface area (Å²) in [7, 11) is 0. The Morgan fingerprint density at radius 3 is 1.69 bits per heavy atom. The Kier molecular flexibility index (Phi) is 10.4. The van der Waals surface area contributed by atoms with E-state index in [0.717, 1.165) is 29.5 Å². The normalized spacial score (nSPS) is 11.5. The second kappa shape index (κ2) is 13.9. The van der Waals surface area contributed by atoms with Crippen LogP contribution in [0.2, 0.25) is 0 Å². The summed E-state index contributed by atoms with van der Waals surface area (Å²) in [6, 6.07) is 17.6. The minimum absolute atomic E-state index is 0.256. The second-order valence-electron chi connectivity index (χ2n) is 9.80. The average Bonchev–Trinajstić information content (AvgIpc) is 2.92. The lowest BCUT2D eigenvalue weighted by Crippen LogP contribution is -2.12. The van der Waals surface area contributed by atoms with Crippen LogP contribution >= 0.6 is 0 Å². The molecule has 3 rings (SSSR count). The van der Waals surface area contributed by atoms with Crippen molar-refractivity contribution >= 4 is 30.2 Å². The van der Waals surface area contributed by atoms with Crippen LogP contribution in [0.15, 0.2) is 91.5 Å². The first-order valence-electron chi connectivity index (χ1n) is 13.1. The summed E-state index contributed by atoms with van der Waals surface area (Å²) in [5.74, 6) is -0.0953. The maximum absolute atomic E-state index is 13.0. The molecule has 0 aliphatic rings. The zero-order chi connectivity index (χ0) is 28.4. The van der Waals surface area contributed by atoms with Crippen LogP contribution in [0.3, 0.4) is 0 Å². The van der Waals surface area contributed by atoms with Crippen LogP contribution in [-0.4, -0.2) is 11.9 Å². The van der Waals surface area contributed by atoms with E-state index in [1.807, 2.05) is 13.0 Å². The highest BCUT2D eigenvalue weighted by molar-refractivity contribution is 5.93. The van der Waals surface area contributed by atoms with Crippen molar-refractivity contribution in [3.8, 4) is 11.5 Å². The summed E-state index contributed by atoms with van der Waals surface area (Å²) in [6.07, 6.45) is 11.5. The molecule has 3 aromatic carbocycles. The Labute approximate surface area is 232 Å². The van der Waals surface area contributed by atoms with Crippen LogP contribution in [0.5, 0.6) is 11.5 Å². The van der Waals surface area contributed by atoms with Crippen molar-refractivity contribution in [3.05, 3.63) is 125 Å². The molecular formula is C35H36O4. The topological polar surface area (TPSA) is 52.6 Å². The van der Waals surface area contributed by atoms with Gasteiger partial charge in [0.2, 0.25) is 0 Å². The van der Waals surface area contributed by atoms with Gasteiger partial charge < -0.3 is 9.47 Å². The van der Waals surface area contributed by atoms with Crippen molar-refractivity contribution in [2.75, 3.05) is 0 Å². The van der Waals surface area contributed by atoms with Gasteiger partial charge in [-0.15, -0.1) is 0 Å². The molecule has 0 aromatic heterocycles. The number of esters is 2. The van der Waals surface area contributed by atoms with Gasteiger partial charge in [-0.05, 0) is 92.6 Å². The highest BCUT2D eigenvalue weighted by atomic mass is 16.5. The van der Waals surface area contributed by atoms with E-state index in [4.69, 9.17) is 9.47 Å². The van der Waals surface area contributed by atoms with E-state index in [2.05, 4.69) is 46.1 Å². The van der Waals surface area contributed by atoms with Crippen molar-refractivity contribution in [3.63, 3.8) is 0 Å². The number of rotatable bonds is 11. The van der Waals surface area contributed by atoms with Gasteiger partial charge in [0.25, 0.3) is 0 Å². The number of hydrogen-bond donors (Lipinski definition) is 0. The fourth-order valence-corrected chi connectivity index (χ4v) is 3.89. The summed E-state index contributed by atoms with van der Waals surface area (Å²) >= 11 is 0. The number of carbonyl (C=O) groups is 2. The largest absolute Gasteiger partial charge is 0.422 e. The van der Waals surface area contributed by atoms with E-state index in [0.29, 0.717) is 28.2 Å². The Morgan fingerprint density at radius 2 is 1.28 bits per heavy atom. The standard InChI is InChI=1S/C35H36O4/c1-7-27-13-17-29(18-14-27)34(36)38-32-22-26(6)23-33(31(32)21-12-25(5)11-9-10-24(3)4)39-35(37)30-19-15-28(8-2)16-20-30/h7-8,10,12-23,25H,1-2,9,11H2,3-6H3/b21-12+. The summed E-state index contributed by atoms with van der Waals surface area (Å²) in [6.45, 7) is 15.7. The van der Waals surface area contributed by atoms with Gasteiger partial charge in [-0.3, -0.25) is 0 Å². The van der Waals surface area contributed by atoms with Gasteiger partial charge >= 0.3 is 11.9 Å².